The van der Waals surface area contributed by atoms with Gasteiger partial charge in [0.15, 0.2) is 12.1 Å². The van der Waals surface area contributed by atoms with Crippen LogP contribution in [0.25, 0.3) is 0 Å². The molecule has 0 aliphatic carbocycles. The molecule has 0 radical (unpaired) electrons. The predicted molar refractivity (Wildman–Crippen MR) is 82.0 cm³/mol. The highest BCUT2D eigenvalue weighted by Gasteiger charge is 2.39. The molecule has 2 aromatic rings. The van der Waals surface area contributed by atoms with E-state index in [1.54, 1.807) is 32.4 Å². The van der Waals surface area contributed by atoms with E-state index in [0.29, 0.717) is 31.2 Å². The quantitative estimate of drug-likeness (QED) is 0.876. The lowest BCUT2D eigenvalue weighted by Crippen LogP contribution is -2.46. The topological polar surface area (TPSA) is 95.6 Å². The van der Waals surface area contributed by atoms with Gasteiger partial charge in [0, 0.05) is 26.0 Å². The molecule has 1 saturated heterocycles. The van der Waals surface area contributed by atoms with Crippen LogP contribution in [-0.2, 0) is 0 Å². The fourth-order valence-corrected chi connectivity index (χ4v) is 2.82. The predicted octanol–water partition coefficient (Wildman–Crippen LogP) is 0.486. The molecular weight excluding hydrogens is 298 g/mol. The number of rotatable bonds is 4. The number of anilines is 1. The first-order valence-corrected chi connectivity index (χ1v) is 7.38. The average molecular weight is 317 g/mol. The summed E-state index contributed by atoms with van der Waals surface area (Å²) in [6.07, 6.45) is 5.13. The Morgan fingerprint density at radius 3 is 2.83 bits per heavy atom. The summed E-state index contributed by atoms with van der Waals surface area (Å²) in [4.78, 5) is 28.1. The van der Waals surface area contributed by atoms with Crippen molar-refractivity contribution in [1.29, 1.82) is 0 Å². The molecule has 0 aromatic carbocycles. The van der Waals surface area contributed by atoms with Crippen LogP contribution in [0, 0.1) is 6.92 Å². The highest BCUT2D eigenvalue weighted by Crippen LogP contribution is 2.25. The molecule has 1 aliphatic rings. The van der Waals surface area contributed by atoms with Crippen molar-refractivity contribution < 1.29 is 14.3 Å². The van der Waals surface area contributed by atoms with Crippen LogP contribution < -0.4 is 4.90 Å². The maximum absolute atomic E-state index is 12.4. The van der Waals surface area contributed by atoms with Gasteiger partial charge in [-0.2, -0.15) is 0 Å². The molecule has 2 aromatic heterocycles. The molecule has 0 spiro atoms. The third-order valence-corrected chi connectivity index (χ3v) is 3.99. The Bertz CT molecular complexity index is 689. The Hall–Kier alpha value is -2.48. The highest BCUT2D eigenvalue weighted by atomic mass is 16.3. The van der Waals surface area contributed by atoms with Gasteiger partial charge in [-0.15, -0.1) is 0 Å². The van der Waals surface area contributed by atoms with Crippen LogP contribution in [0.5, 0.6) is 0 Å². The lowest BCUT2D eigenvalue weighted by molar-refractivity contribution is 0.0261. The van der Waals surface area contributed by atoms with Crippen LogP contribution in [-0.4, -0.2) is 63.1 Å². The van der Waals surface area contributed by atoms with Crippen LogP contribution in [0.4, 0.5) is 5.95 Å². The number of carbonyl (C=O) groups is 1. The van der Waals surface area contributed by atoms with Crippen LogP contribution >= 0.6 is 0 Å². The highest BCUT2D eigenvalue weighted by molar-refractivity contribution is 5.93. The van der Waals surface area contributed by atoms with E-state index in [1.165, 1.54) is 11.3 Å². The van der Waals surface area contributed by atoms with E-state index >= 15 is 0 Å². The molecule has 23 heavy (non-hydrogen) atoms. The molecular formula is C15H19N5O3. The van der Waals surface area contributed by atoms with Crippen LogP contribution in [0.1, 0.15) is 22.7 Å². The Morgan fingerprint density at radius 1 is 1.43 bits per heavy atom. The van der Waals surface area contributed by atoms with Crippen LogP contribution in [0.3, 0.4) is 0 Å². The van der Waals surface area contributed by atoms with Gasteiger partial charge in [-0.3, -0.25) is 4.79 Å². The molecule has 1 fully saturated rings. The SMILES string of the molecule is Cc1ocnc1C(=O)N(C)C[C@]1(O)CCN(c2ncccn2)C1. The standard InChI is InChI=1S/C15H19N5O3/c1-11-12(18-10-23-11)13(21)19(2)8-15(22)4-7-20(9-15)14-16-5-3-6-17-14/h3,5-6,10,22H,4,7-9H2,1-2H3/t15-/m1/s1. The summed E-state index contributed by atoms with van der Waals surface area (Å²) in [5, 5.41) is 10.8. The Kier molecular flexibility index (Phi) is 3.99. The van der Waals surface area contributed by atoms with Gasteiger partial charge < -0.3 is 19.3 Å². The lowest BCUT2D eigenvalue weighted by Gasteiger charge is -2.28. The number of aromatic nitrogens is 3. The molecule has 1 amide bonds. The number of nitrogens with zero attached hydrogens (tertiary/aromatic N) is 5. The van der Waals surface area contributed by atoms with Crippen LogP contribution in [0.15, 0.2) is 29.3 Å². The van der Waals surface area contributed by atoms with Gasteiger partial charge >= 0.3 is 0 Å². The molecule has 0 saturated carbocycles. The number of hydrogen-bond donors (Lipinski definition) is 1. The number of aryl methyl sites for hydroxylation is 1. The summed E-state index contributed by atoms with van der Waals surface area (Å²) in [6, 6.07) is 1.75. The van der Waals surface area contributed by atoms with Gasteiger partial charge in [-0.25, -0.2) is 15.0 Å². The molecule has 0 bridgehead atoms. The minimum Gasteiger partial charge on any atom is -0.448 e. The average Bonchev–Trinajstić information content (AvgIpc) is 3.13. The van der Waals surface area contributed by atoms with Crippen molar-refractivity contribution in [1.82, 2.24) is 19.9 Å². The molecule has 3 rings (SSSR count). The summed E-state index contributed by atoms with van der Waals surface area (Å²) >= 11 is 0. The fourth-order valence-electron chi connectivity index (χ4n) is 2.82. The smallest absolute Gasteiger partial charge is 0.275 e. The Morgan fingerprint density at radius 2 is 2.17 bits per heavy atom. The first-order valence-electron chi connectivity index (χ1n) is 7.38. The van der Waals surface area contributed by atoms with Crippen molar-refractivity contribution in [2.75, 3.05) is 31.6 Å². The molecule has 1 N–H and O–H groups in total. The normalized spacial score (nSPS) is 20.7. The second-order valence-corrected chi connectivity index (χ2v) is 5.86. The monoisotopic (exact) mass is 317 g/mol. The fraction of sp³-hybridized carbons (Fsp3) is 0.467. The minimum atomic E-state index is -0.999. The zero-order valence-electron chi connectivity index (χ0n) is 13.1. The van der Waals surface area contributed by atoms with Gasteiger partial charge in [-0.1, -0.05) is 0 Å². The molecule has 122 valence electrons. The van der Waals surface area contributed by atoms with Gasteiger partial charge in [0.25, 0.3) is 5.91 Å². The zero-order chi connectivity index (χ0) is 16.4. The molecule has 8 heteroatoms. The number of carbonyl (C=O) groups excluding carboxylic acids is 1. The largest absolute Gasteiger partial charge is 0.448 e. The molecule has 1 aliphatic heterocycles. The summed E-state index contributed by atoms with van der Waals surface area (Å²) in [5.41, 5.74) is -0.723. The minimum absolute atomic E-state index is 0.210. The van der Waals surface area contributed by atoms with E-state index in [1.807, 2.05) is 4.90 Å². The number of hydrogen-bond acceptors (Lipinski definition) is 7. The van der Waals surface area contributed by atoms with Gasteiger partial charge in [0.1, 0.15) is 11.4 Å². The third kappa shape index (κ3) is 3.16. The van der Waals surface area contributed by atoms with Crippen molar-refractivity contribution in [3.05, 3.63) is 36.3 Å². The van der Waals surface area contributed by atoms with E-state index in [4.69, 9.17) is 4.42 Å². The summed E-state index contributed by atoms with van der Waals surface area (Å²) in [6.45, 7) is 2.92. The Labute approximate surface area is 133 Å². The van der Waals surface area contributed by atoms with Crippen molar-refractivity contribution in [2.45, 2.75) is 18.9 Å². The number of β-amino-alcohol motifs (C(OH)–C–C–N with tert-alkyl or cyclic N) is 1. The molecule has 0 unspecified atom stereocenters. The van der Waals surface area contributed by atoms with Gasteiger partial charge in [-0.05, 0) is 19.4 Å². The van der Waals surface area contributed by atoms with Crippen molar-refractivity contribution in [3.63, 3.8) is 0 Å². The first-order chi connectivity index (χ1) is 11.0. The van der Waals surface area contributed by atoms with Crippen LogP contribution in [0.2, 0.25) is 0 Å². The van der Waals surface area contributed by atoms with E-state index in [0.717, 1.165) is 0 Å². The lowest BCUT2D eigenvalue weighted by atomic mass is 10.0. The Balaban J connectivity index is 1.66. The van der Waals surface area contributed by atoms with Crippen molar-refractivity contribution in [2.24, 2.45) is 0 Å². The van der Waals surface area contributed by atoms with E-state index < -0.39 is 5.60 Å². The molecule has 8 nitrogen and oxygen atoms in total. The summed E-state index contributed by atoms with van der Waals surface area (Å²) < 4.78 is 5.06. The maximum atomic E-state index is 12.4. The third-order valence-electron chi connectivity index (χ3n) is 3.99. The number of aliphatic hydroxyl groups is 1. The summed E-state index contributed by atoms with van der Waals surface area (Å²) in [7, 11) is 1.65. The van der Waals surface area contributed by atoms with E-state index in [-0.39, 0.29) is 18.1 Å². The van der Waals surface area contributed by atoms with Crippen molar-refractivity contribution >= 4 is 11.9 Å². The molecule has 3 heterocycles. The first kappa shape index (κ1) is 15.4. The van der Waals surface area contributed by atoms with E-state index in [9.17, 15) is 9.90 Å². The second-order valence-electron chi connectivity index (χ2n) is 5.86. The van der Waals surface area contributed by atoms with Gasteiger partial charge in [0.2, 0.25) is 5.95 Å². The second kappa shape index (κ2) is 5.96. The number of oxazole rings is 1. The number of amides is 1. The van der Waals surface area contributed by atoms with Crippen molar-refractivity contribution in [3.8, 4) is 0 Å². The number of likely N-dealkylation sites (N-methyl/N-ethyl adjacent to an activating group) is 1. The maximum Gasteiger partial charge on any atom is 0.275 e. The van der Waals surface area contributed by atoms with Gasteiger partial charge in [0.05, 0.1) is 13.1 Å². The summed E-state index contributed by atoms with van der Waals surface area (Å²) in [5.74, 6) is 0.795. The zero-order valence-corrected chi connectivity index (χ0v) is 13.1. The molecule has 1 atom stereocenters. The van der Waals surface area contributed by atoms with E-state index in [2.05, 4.69) is 15.0 Å².